The highest BCUT2D eigenvalue weighted by Gasteiger charge is 2.14. The molecule has 6 heteroatoms. The van der Waals surface area contributed by atoms with Gasteiger partial charge in [0, 0.05) is 19.3 Å². The van der Waals surface area contributed by atoms with E-state index in [-0.39, 0.29) is 11.9 Å². The van der Waals surface area contributed by atoms with Crippen LogP contribution in [0.3, 0.4) is 0 Å². The highest BCUT2D eigenvalue weighted by Crippen LogP contribution is 2.05. The molecule has 0 aliphatic rings. The molecule has 5 nitrogen and oxygen atoms in total. The van der Waals surface area contributed by atoms with Gasteiger partial charge in [-0.25, -0.2) is 13.1 Å². The minimum Gasteiger partial charge on any atom is -0.399 e. The molecule has 3 N–H and O–H groups in total. The molecule has 0 amide bonds. The third-order valence-electron chi connectivity index (χ3n) is 2.57. The standard InChI is InChI=1S/C12H20N2O3S/c1-10(17-2)9-18(15,16)14-8-7-11-3-5-12(13)6-4-11/h3-6,10,14H,7-9,13H2,1-2H3. The van der Waals surface area contributed by atoms with E-state index >= 15 is 0 Å². The van der Waals surface area contributed by atoms with Gasteiger partial charge in [0.1, 0.15) is 0 Å². The number of rotatable bonds is 7. The van der Waals surface area contributed by atoms with Crippen LogP contribution in [0.2, 0.25) is 0 Å². The summed E-state index contributed by atoms with van der Waals surface area (Å²) in [6.45, 7) is 2.10. The van der Waals surface area contributed by atoms with E-state index in [1.165, 1.54) is 7.11 Å². The molecule has 1 unspecified atom stereocenters. The number of methoxy groups -OCH3 is 1. The lowest BCUT2D eigenvalue weighted by molar-refractivity contribution is 0.136. The Balaban J connectivity index is 2.39. The number of hydrogen-bond acceptors (Lipinski definition) is 4. The molecule has 0 aromatic heterocycles. The van der Waals surface area contributed by atoms with Crippen molar-refractivity contribution < 1.29 is 13.2 Å². The van der Waals surface area contributed by atoms with Crippen LogP contribution in [0, 0.1) is 0 Å². The summed E-state index contributed by atoms with van der Waals surface area (Å²) in [5.41, 5.74) is 7.32. The van der Waals surface area contributed by atoms with Crippen molar-refractivity contribution in [3.63, 3.8) is 0 Å². The van der Waals surface area contributed by atoms with Gasteiger partial charge >= 0.3 is 0 Å². The fourth-order valence-electron chi connectivity index (χ4n) is 1.47. The molecule has 18 heavy (non-hydrogen) atoms. The summed E-state index contributed by atoms with van der Waals surface area (Å²) in [6.07, 6.45) is 0.333. The molecule has 1 aromatic carbocycles. The van der Waals surface area contributed by atoms with Crippen molar-refractivity contribution >= 4 is 15.7 Å². The van der Waals surface area contributed by atoms with Crippen molar-refractivity contribution in [3.05, 3.63) is 29.8 Å². The summed E-state index contributed by atoms with van der Waals surface area (Å²) in [6, 6.07) is 7.39. The fourth-order valence-corrected chi connectivity index (χ4v) is 2.76. The monoisotopic (exact) mass is 272 g/mol. The number of nitrogens with two attached hydrogens (primary N) is 1. The second-order valence-corrected chi connectivity index (χ2v) is 6.07. The zero-order valence-electron chi connectivity index (χ0n) is 10.7. The van der Waals surface area contributed by atoms with Crippen LogP contribution in [0.5, 0.6) is 0 Å². The first-order valence-electron chi connectivity index (χ1n) is 5.77. The van der Waals surface area contributed by atoms with E-state index in [9.17, 15) is 8.42 Å². The predicted molar refractivity (Wildman–Crippen MR) is 72.8 cm³/mol. The van der Waals surface area contributed by atoms with Crippen molar-refractivity contribution in [1.82, 2.24) is 4.72 Å². The van der Waals surface area contributed by atoms with Crippen LogP contribution in [0.25, 0.3) is 0 Å². The van der Waals surface area contributed by atoms with E-state index in [0.717, 1.165) is 5.56 Å². The highest BCUT2D eigenvalue weighted by molar-refractivity contribution is 7.89. The van der Waals surface area contributed by atoms with Crippen molar-refractivity contribution in [2.24, 2.45) is 0 Å². The lowest BCUT2D eigenvalue weighted by Gasteiger charge is -2.11. The zero-order chi connectivity index (χ0) is 13.6. The maximum absolute atomic E-state index is 11.6. The molecule has 1 rings (SSSR count). The first-order chi connectivity index (χ1) is 8.43. The molecule has 0 radical (unpaired) electrons. The van der Waals surface area contributed by atoms with Gasteiger partial charge in [-0.05, 0) is 31.0 Å². The molecule has 0 saturated heterocycles. The maximum Gasteiger partial charge on any atom is 0.214 e. The summed E-state index contributed by atoms with van der Waals surface area (Å²) in [7, 11) is -1.78. The smallest absolute Gasteiger partial charge is 0.214 e. The molecule has 102 valence electrons. The average molecular weight is 272 g/mol. The minimum absolute atomic E-state index is 0.0226. The number of ether oxygens (including phenoxy) is 1. The van der Waals surface area contributed by atoms with Gasteiger partial charge in [-0.3, -0.25) is 0 Å². The summed E-state index contributed by atoms with van der Waals surface area (Å²) in [4.78, 5) is 0. The third-order valence-corrected chi connectivity index (χ3v) is 4.12. The molecule has 0 saturated carbocycles. The molecule has 0 fully saturated rings. The molecule has 1 aromatic rings. The average Bonchev–Trinajstić information content (AvgIpc) is 2.31. The second-order valence-electron chi connectivity index (χ2n) is 4.21. The maximum atomic E-state index is 11.6. The van der Waals surface area contributed by atoms with Crippen LogP contribution in [0.1, 0.15) is 12.5 Å². The van der Waals surface area contributed by atoms with Crippen LogP contribution in [-0.2, 0) is 21.2 Å². The third kappa shape index (κ3) is 5.48. The molecule has 0 aliphatic carbocycles. The van der Waals surface area contributed by atoms with Gasteiger partial charge in [-0.1, -0.05) is 12.1 Å². The van der Waals surface area contributed by atoms with E-state index in [4.69, 9.17) is 10.5 Å². The number of sulfonamides is 1. The van der Waals surface area contributed by atoms with Crippen LogP contribution in [0.15, 0.2) is 24.3 Å². The van der Waals surface area contributed by atoms with Gasteiger partial charge in [0.25, 0.3) is 0 Å². The quantitative estimate of drug-likeness (QED) is 0.718. The van der Waals surface area contributed by atoms with E-state index in [1.54, 1.807) is 19.1 Å². The topological polar surface area (TPSA) is 81.4 Å². The lowest BCUT2D eigenvalue weighted by atomic mass is 10.1. The largest absolute Gasteiger partial charge is 0.399 e. The first kappa shape index (κ1) is 14.9. The number of hydrogen-bond donors (Lipinski definition) is 2. The van der Waals surface area contributed by atoms with Gasteiger partial charge in [-0.15, -0.1) is 0 Å². The van der Waals surface area contributed by atoms with Gasteiger partial charge in [-0.2, -0.15) is 0 Å². The Morgan fingerprint density at radius 1 is 1.33 bits per heavy atom. The zero-order valence-corrected chi connectivity index (χ0v) is 11.5. The number of benzene rings is 1. The van der Waals surface area contributed by atoms with E-state index < -0.39 is 10.0 Å². The van der Waals surface area contributed by atoms with Crippen LogP contribution in [0.4, 0.5) is 5.69 Å². The Hall–Kier alpha value is -1.11. The molecule has 0 heterocycles. The Kier molecular flexibility index (Phi) is 5.58. The first-order valence-corrected chi connectivity index (χ1v) is 7.43. The van der Waals surface area contributed by atoms with Crippen molar-refractivity contribution in [1.29, 1.82) is 0 Å². The highest BCUT2D eigenvalue weighted by atomic mass is 32.2. The Bertz CT molecular complexity index is 457. The van der Waals surface area contributed by atoms with Crippen molar-refractivity contribution in [3.8, 4) is 0 Å². The fraction of sp³-hybridized carbons (Fsp3) is 0.500. The van der Waals surface area contributed by atoms with Crippen molar-refractivity contribution in [2.45, 2.75) is 19.4 Å². The molecule has 1 atom stereocenters. The van der Waals surface area contributed by atoms with Crippen LogP contribution < -0.4 is 10.5 Å². The summed E-state index contributed by atoms with van der Waals surface area (Å²) in [5, 5.41) is 0. The van der Waals surface area contributed by atoms with Gasteiger partial charge in [0.15, 0.2) is 0 Å². The normalized spacial score (nSPS) is 13.4. The summed E-state index contributed by atoms with van der Waals surface area (Å²) < 4.78 is 30.7. The van der Waals surface area contributed by atoms with E-state index in [0.29, 0.717) is 18.7 Å². The van der Waals surface area contributed by atoms with Gasteiger partial charge in [0.05, 0.1) is 11.9 Å². The lowest BCUT2D eigenvalue weighted by Crippen LogP contribution is -2.33. The van der Waals surface area contributed by atoms with Gasteiger partial charge < -0.3 is 10.5 Å². The van der Waals surface area contributed by atoms with Crippen LogP contribution in [-0.4, -0.2) is 33.9 Å². The Labute approximate surface area is 108 Å². The van der Waals surface area contributed by atoms with E-state index in [2.05, 4.69) is 4.72 Å². The Morgan fingerprint density at radius 3 is 2.50 bits per heavy atom. The summed E-state index contributed by atoms with van der Waals surface area (Å²) in [5.74, 6) is -0.0226. The molecular formula is C12H20N2O3S. The molecule has 0 spiro atoms. The van der Waals surface area contributed by atoms with Crippen molar-refractivity contribution in [2.75, 3.05) is 25.1 Å². The van der Waals surface area contributed by atoms with Crippen LogP contribution >= 0.6 is 0 Å². The van der Waals surface area contributed by atoms with E-state index in [1.807, 2.05) is 12.1 Å². The molecule has 0 aliphatic heterocycles. The predicted octanol–water partition coefficient (Wildman–Crippen LogP) is 0.766. The Morgan fingerprint density at radius 2 is 1.94 bits per heavy atom. The summed E-state index contributed by atoms with van der Waals surface area (Å²) >= 11 is 0. The number of nitrogens with one attached hydrogen (secondary N) is 1. The minimum atomic E-state index is -3.27. The second kappa shape index (κ2) is 6.72. The van der Waals surface area contributed by atoms with Gasteiger partial charge in [0.2, 0.25) is 10.0 Å². The molecular weight excluding hydrogens is 252 g/mol. The number of nitrogen functional groups attached to an aromatic ring is 1. The molecule has 0 bridgehead atoms. The SMILES string of the molecule is COC(C)CS(=O)(=O)NCCc1ccc(N)cc1. The number of anilines is 1.